The average Bonchev–Trinajstić information content (AvgIpc) is 3.06. The SMILES string of the molecule is CC(c1cccc(C(=O)O)c1C(=O)O)c1cccc(C(=O)O)c1C(=O)O.O=C(O)c1ccc(Cc2ccc(C(=O)O)c(C(=O)O)c2)cc1C(=O)O. The molecule has 4 aromatic carbocycles. The molecule has 262 valence electrons. The topological polar surface area (TPSA) is 298 Å². The molecule has 0 heterocycles. The summed E-state index contributed by atoms with van der Waals surface area (Å²) in [6.07, 6.45) is 0.111. The zero-order chi connectivity index (χ0) is 38.3. The van der Waals surface area contributed by atoms with Gasteiger partial charge >= 0.3 is 47.8 Å². The molecule has 0 atom stereocenters. The third-order valence-electron chi connectivity index (χ3n) is 7.51. The summed E-state index contributed by atoms with van der Waals surface area (Å²) in [4.78, 5) is 90.3. The number of benzene rings is 4. The highest BCUT2D eigenvalue weighted by Crippen LogP contribution is 2.32. The van der Waals surface area contributed by atoms with Gasteiger partial charge in [-0.2, -0.15) is 0 Å². The summed E-state index contributed by atoms with van der Waals surface area (Å²) in [6, 6.07) is 15.3. The standard InChI is InChI=1S/C18H14O8.C17H12O8/c1-8(9-4-2-6-11(15(19)20)13(9)17(23)24)10-5-3-7-12(16(21)22)14(10)18(25)26;18-14(19)10-3-1-8(6-12(10)16(22)23)5-9-2-4-11(15(20)21)13(7-9)17(24)25/h2-8H,1H3,(H,19,20)(H,21,22)(H,23,24)(H,25,26);1-4,6-7H,5H2,(H,18,19)(H,20,21)(H,22,23)(H,24,25). The van der Waals surface area contributed by atoms with Crippen LogP contribution in [0.3, 0.4) is 0 Å². The van der Waals surface area contributed by atoms with Crippen molar-refractivity contribution < 1.29 is 79.2 Å². The van der Waals surface area contributed by atoms with Crippen molar-refractivity contribution in [3.63, 3.8) is 0 Å². The lowest BCUT2D eigenvalue weighted by molar-refractivity contribution is 0.0648. The van der Waals surface area contributed by atoms with Crippen molar-refractivity contribution in [1.82, 2.24) is 0 Å². The van der Waals surface area contributed by atoms with Gasteiger partial charge in [-0.15, -0.1) is 0 Å². The molecular formula is C35H26O16. The van der Waals surface area contributed by atoms with E-state index in [2.05, 4.69) is 0 Å². The largest absolute Gasteiger partial charge is 0.478 e. The first-order valence-electron chi connectivity index (χ1n) is 14.2. The third-order valence-corrected chi connectivity index (χ3v) is 7.51. The lowest BCUT2D eigenvalue weighted by Crippen LogP contribution is -2.17. The van der Waals surface area contributed by atoms with E-state index in [1.807, 2.05) is 0 Å². The summed E-state index contributed by atoms with van der Waals surface area (Å²) in [5.74, 6) is -12.2. The van der Waals surface area contributed by atoms with Crippen molar-refractivity contribution in [2.24, 2.45) is 0 Å². The highest BCUT2D eigenvalue weighted by molar-refractivity contribution is 6.05. The Hall–Kier alpha value is -7.36. The second-order valence-electron chi connectivity index (χ2n) is 10.6. The zero-order valence-electron chi connectivity index (χ0n) is 26.1. The van der Waals surface area contributed by atoms with Crippen LogP contribution in [-0.4, -0.2) is 88.6 Å². The van der Waals surface area contributed by atoms with Crippen LogP contribution in [0.5, 0.6) is 0 Å². The molecule has 51 heavy (non-hydrogen) atoms. The first-order chi connectivity index (χ1) is 23.9. The summed E-state index contributed by atoms with van der Waals surface area (Å²) in [6.45, 7) is 1.49. The highest BCUT2D eigenvalue weighted by atomic mass is 16.4. The lowest BCUT2D eigenvalue weighted by atomic mass is 9.84. The van der Waals surface area contributed by atoms with Crippen molar-refractivity contribution >= 4 is 47.8 Å². The van der Waals surface area contributed by atoms with E-state index < -0.39 is 75.9 Å². The van der Waals surface area contributed by atoms with Gasteiger partial charge in [0.15, 0.2) is 0 Å². The van der Waals surface area contributed by atoms with Gasteiger partial charge in [0.25, 0.3) is 0 Å². The van der Waals surface area contributed by atoms with Gasteiger partial charge < -0.3 is 40.9 Å². The molecule has 8 N–H and O–H groups in total. The molecule has 4 aromatic rings. The van der Waals surface area contributed by atoms with Crippen LogP contribution in [0.4, 0.5) is 0 Å². The number of carboxylic acid groups (broad SMARTS) is 8. The van der Waals surface area contributed by atoms with E-state index in [0.29, 0.717) is 11.1 Å². The van der Waals surface area contributed by atoms with Gasteiger partial charge in [0.05, 0.1) is 44.5 Å². The van der Waals surface area contributed by atoms with Crippen molar-refractivity contribution in [2.75, 3.05) is 0 Å². The Kier molecular flexibility index (Phi) is 11.7. The van der Waals surface area contributed by atoms with Gasteiger partial charge in [0.1, 0.15) is 0 Å². The minimum absolute atomic E-state index is 0.0717. The second kappa shape index (κ2) is 15.7. The van der Waals surface area contributed by atoms with Gasteiger partial charge in [-0.1, -0.05) is 43.3 Å². The summed E-state index contributed by atoms with van der Waals surface area (Å²) >= 11 is 0. The number of hydrogen-bond acceptors (Lipinski definition) is 8. The van der Waals surface area contributed by atoms with Gasteiger partial charge in [-0.3, -0.25) is 0 Å². The molecule has 0 aromatic heterocycles. The van der Waals surface area contributed by atoms with Gasteiger partial charge in [0, 0.05) is 5.92 Å². The molecule has 0 unspecified atom stereocenters. The van der Waals surface area contributed by atoms with E-state index in [-0.39, 0.29) is 39.8 Å². The van der Waals surface area contributed by atoms with Crippen LogP contribution in [0.15, 0.2) is 72.8 Å². The molecule has 0 saturated heterocycles. The van der Waals surface area contributed by atoms with Crippen LogP contribution in [0, 0.1) is 0 Å². The van der Waals surface area contributed by atoms with Crippen LogP contribution in [-0.2, 0) is 6.42 Å². The maximum Gasteiger partial charge on any atom is 0.336 e. The highest BCUT2D eigenvalue weighted by Gasteiger charge is 2.28. The normalized spacial score (nSPS) is 10.4. The fourth-order valence-electron chi connectivity index (χ4n) is 5.23. The molecule has 0 radical (unpaired) electrons. The molecule has 0 amide bonds. The van der Waals surface area contributed by atoms with Gasteiger partial charge in [-0.25, -0.2) is 38.4 Å². The average molecular weight is 703 g/mol. The van der Waals surface area contributed by atoms with Crippen molar-refractivity contribution in [2.45, 2.75) is 19.3 Å². The molecule has 0 aliphatic carbocycles. The van der Waals surface area contributed by atoms with E-state index in [4.69, 9.17) is 20.4 Å². The van der Waals surface area contributed by atoms with Crippen molar-refractivity contribution in [1.29, 1.82) is 0 Å². The molecule has 0 spiro atoms. The number of carboxylic acids is 8. The number of hydrogen-bond donors (Lipinski definition) is 8. The molecule has 0 aliphatic rings. The zero-order valence-corrected chi connectivity index (χ0v) is 26.1. The first kappa shape index (κ1) is 38.1. The van der Waals surface area contributed by atoms with Gasteiger partial charge in [-0.05, 0) is 65.1 Å². The number of carbonyl (C=O) groups is 8. The molecule has 0 fully saturated rings. The van der Waals surface area contributed by atoms with Crippen LogP contribution in [0.2, 0.25) is 0 Å². The summed E-state index contributed by atoms with van der Waals surface area (Å²) in [7, 11) is 0. The predicted octanol–water partition coefficient (Wildman–Crippen LogP) is 4.70. The maximum atomic E-state index is 11.6. The van der Waals surface area contributed by atoms with E-state index in [1.165, 1.54) is 55.5 Å². The summed E-state index contributed by atoms with van der Waals surface area (Å²) in [5, 5.41) is 73.5. The Bertz CT molecular complexity index is 1980. The molecule has 4 rings (SSSR count). The lowest BCUT2D eigenvalue weighted by Gasteiger charge is -2.19. The van der Waals surface area contributed by atoms with Crippen molar-refractivity contribution in [3.05, 3.63) is 140 Å². The van der Waals surface area contributed by atoms with Crippen LogP contribution in [0.25, 0.3) is 0 Å². The smallest absolute Gasteiger partial charge is 0.336 e. The third kappa shape index (κ3) is 8.57. The van der Waals surface area contributed by atoms with Crippen LogP contribution < -0.4 is 0 Å². The number of rotatable bonds is 12. The Labute approximate surface area is 285 Å². The number of aromatic carboxylic acids is 8. The van der Waals surface area contributed by atoms with E-state index in [0.717, 1.165) is 24.3 Å². The van der Waals surface area contributed by atoms with Crippen LogP contribution in [0.1, 0.15) is 118 Å². The Morgan fingerprint density at radius 2 is 0.725 bits per heavy atom. The molecule has 16 heteroatoms. The molecule has 16 nitrogen and oxygen atoms in total. The Balaban J connectivity index is 0.000000276. The molecular weight excluding hydrogens is 676 g/mol. The maximum absolute atomic E-state index is 11.6. The summed E-state index contributed by atoms with van der Waals surface area (Å²) in [5.41, 5.74) is -2.26. The quantitative estimate of drug-likeness (QED) is 0.0991. The van der Waals surface area contributed by atoms with Crippen molar-refractivity contribution in [3.8, 4) is 0 Å². The fourth-order valence-corrected chi connectivity index (χ4v) is 5.23. The Morgan fingerprint density at radius 1 is 0.412 bits per heavy atom. The van der Waals surface area contributed by atoms with Crippen LogP contribution >= 0.6 is 0 Å². The second-order valence-corrected chi connectivity index (χ2v) is 10.6. The van der Waals surface area contributed by atoms with E-state index in [9.17, 15) is 58.8 Å². The Morgan fingerprint density at radius 3 is 1.00 bits per heavy atom. The first-order valence-corrected chi connectivity index (χ1v) is 14.2. The van der Waals surface area contributed by atoms with E-state index >= 15 is 0 Å². The fraction of sp³-hybridized carbons (Fsp3) is 0.0857. The summed E-state index contributed by atoms with van der Waals surface area (Å²) < 4.78 is 0. The monoisotopic (exact) mass is 702 g/mol. The van der Waals surface area contributed by atoms with Gasteiger partial charge in [0.2, 0.25) is 0 Å². The molecule has 0 saturated carbocycles. The predicted molar refractivity (Wildman–Crippen MR) is 172 cm³/mol. The minimum Gasteiger partial charge on any atom is -0.478 e. The van der Waals surface area contributed by atoms with E-state index in [1.54, 1.807) is 0 Å². The minimum atomic E-state index is -1.48. The molecule has 0 aliphatic heterocycles. The molecule has 0 bridgehead atoms.